The zero-order valence-electron chi connectivity index (χ0n) is 12.3. The van der Waals surface area contributed by atoms with E-state index in [9.17, 15) is 9.90 Å². The molecule has 2 unspecified atom stereocenters. The molecule has 4 heteroatoms. The number of rotatable bonds is 3. The molecular weight excluding hydrogens is 240 g/mol. The summed E-state index contributed by atoms with van der Waals surface area (Å²) in [4.78, 5) is 16.5. The molecule has 0 saturated carbocycles. The average Bonchev–Trinajstić information content (AvgIpc) is 2.39. The number of hydrogen-bond donors (Lipinski definition) is 1. The Morgan fingerprint density at radius 2 is 1.89 bits per heavy atom. The highest BCUT2D eigenvalue weighted by atomic mass is 16.3. The van der Waals surface area contributed by atoms with Crippen molar-refractivity contribution < 1.29 is 9.90 Å². The van der Waals surface area contributed by atoms with Crippen LogP contribution in [0, 0.1) is 5.92 Å². The third-order valence-electron chi connectivity index (χ3n) is 4.70. The third kappa shape index (κ3) is 3.93. The highest BCUT2D eigenvalue weighted by molar-refractivity contribution is 5.78. The van der Waals surface area contributed by atoms with E-state index in [4.69, 9.17) is 0 Å². The molecule has 2 aliphatic rings. The van der Waals surface area contributed by atoms with Gasteiger partial charge in [0.25, 0.3) is 0 Å². The Kier molecular flexibility index (Phi) is 5.22. The van der Waals surface area contributed by atoms with Gasteiger partial charge < -0.3 is 10.0 Å². The van der Waals surface area contributed by atoms with E-state index in [1.807, 2.05) is 11.8 Å². The first-order chi connectivity index (χ1) is 9.08. The van der Waals surface area contributed by atoms with Crippen molar-refractivity contribution in [3.05, 3.63) is 0 Å². The minimum absolute atomic E-state index is 0.168. The highest BCUT2D eigenvalue weighted by Gasteiger charge is 2.29. The summed E-state index contributed by atoms with van der Waals surface area (Å²) in [6, 6.07) is 0.168. The van der Waals surface area contributed by atoms with Crippen molar-refractivity contribution in [3.8, 4) is 0 Å². The first-order valence-corrected chi connectivity index (χ1v) is 7.78. The van der Waals surface area contributed by atoms with Crippen LogP contribution in [0.25, 0.3) is 0 Å². The van der Waals surface area contributed by atoms with E-state index in [2.05, 4.69) is 11.8 Å². The Morgan fingerprint density at radius 1 is 1.21 bits per heavy atom. The lowest BCUT2D eigenvalue weighted by atomic mass is 9.97. The number of nitrogens with zero attached hydrogens (tertiary/aromatic N) is 2. The van der Waals surface area contributed by atoms with Crippen LogP contribution in [0.15, 0.2) is 0 Å². The van der Waals surface area contributed by atoms with Crippen LogP contribution in [-0.2, 0) is 4.79 Å². The van der Waals surface area contributed by atoms with Crippen molar-refractivity contribution in [2.45, 2.75) is 58.1 Å². The van der Waals surface area contributed by atoms with Gasteiger partial charge in [0.1, 0.15) is 0 Å². The number of amides is 1. The van der Waals surface area contributed by atoms with Gasteiger partial charge in [-0.25, -0.2) is 0 Å². The molecule has 0 aromatic heterocycles. The van der Waals surface area contributed by atoms with Crippen LogP contribution in [0.5, 0.6) is 0 Å². The number of aliphatic hydroxyl groups excluding tert-OH is 1. The van der Waals surface area contributed by atoms with Gasteiger partial charge >= 0.3 is 0 Å². The predicted octanol–water partition coefficient (Wildman–Crippen LogP) is 1.48. The fraction of sp³-hybridized carbons (Fsp3) is 0.933. The summed E-state index contributed by atoms with van der Waals surface area (Å²) in [5, 5.41) is 9.84. The molecule has 2 fully saturated rings. The van der Waals surface area contributed by atoms with Crippen LogP contribution in [0.3, 0.4) is 0 Å². The van der Waals surface area contributed by atoms with Gasteiger partial charge in [0, 0.05) is 19.1 Å². The summed E-state index contributed by atoms with van der Waals surface area (Å²) in [7, 11) is 0. The maximum atomic E-state index is 12.3. The summed E-state index contributed by atoms with van der Waals surface area (Å²) < 4.78 is 0. The van der Waals surface area contributed by atoms with Gasteiger partial charge in [0.2, 0.25) is 5.91 Å². The predicted molar refractivity (Wildman–Crippen MR) is 75.9 cm³/mol. The highest BCUT2D eigenvalue weighted by Crippen LogP contribution is 2.21. The maximum absolute atomic E-state index is 12.3. The van der Waals surface area contributed by atoms with E-state index >= 15 is 0 Å². The molecule has 0 bridgehead atoms. The molecule has 110 valence electrons. The Balaban J connectivity index is 1.86. The first kappa shape index (κ1) is 14.8. The van der Waals surface area contributed by atoms with Gasteiger partial charge in [0.15, 0.2) is 0 Å². The summed E-state index contributed by atoms with van der Waals surface area (Å²) in [5.74, 6) is 1.00. The molecule has 0 radical (unpaired) electrons. The van der Waals surface area contributed by atoms with Gasteiger partial charge in [-0.15, -0.1) is 0 Å². The normalized spacial score (nSPS) is 28.4. The summed E-state index contributed by atoms with van der Waals surface area (Å²) in [6.07, 6.45) is 5.25. The second-order valence-corrected chi connectivity index (χ2v) is 6.34. The average molecular weight is 268 g/mol. The van der Waals surface area contributed by atoms with Crippen LogP contribution >= 0.6 is 0 Å². The van der Waals surface area contributed by atoms with E-state index in [0.717, 1.165) is 51.2 Å². The van der Waals surface area contributed by atoms with Crippen LogP contribution in [0.1, 0.15) is 46.0 Å². The molecule has 0 spiro atoms. The van der Waals surface area contributed by atoms with Crippen LogP contribution in [0.2, 0.25) is 0 Å². The molecule has 2 aliphatic heterocycles. The number of aliphatic hydroxyl groups is 1. The third-order valence-corrected chi connectivity index (χ3v) is 4.70. The van der Waals surface area contributed by atoms with E-state index in [0.29, 0.717) is 6.54 Å². The Hall–Kier alpha value is -0.610. The van der Waals surface area contributed by atoms with Crippen molar-refractivity contribution in [1.29, 1.82) is 0 Å². The smallest absolute Gasteiger partial charge is 0.236 e. The Morgan fingerprint density at radius 3 is 2.53 bits per heavy atom. The fourth-order valence-electron chi connectivity index (χ4n) is 3.29. The summed E-state index contributed by atoms with van der Waals surface area (Å²) in [6.45, 7) is 7.36. The number of hydrogen-bond acceptors (Lipinski definition) is 3. The number of carbonyl (C=O) groups is 1. The molecule has 2 saturated heterocycles. The minimum atomic E-state index is -0.338. The van der Waals surface area contributed by atoms with E-state index in [-0.39, 0.29) is 18.1 Å². The second-order valence-electron chi connectivity index (χ2n) is 6.34. The number of carbonyl (C=O) groups excluding carboxylic acids is 1. The first-order valence-electron chi connectivity index (χ1n) is 7.78. The van der Waals surface area contributed by atoms with Crippen molar-refractivity contribution in [2.75, 3.05) is 26.2 Å². The minimum Gasteiger partial charge on any atom is -0.392 e. The molecular formula is C15H28N2O2. The Labute approximate surface area is 116 Å². The zero-order valence-corrected chi connectivity index (χ0v) is 12.3. The molecule has 1 N–H and O–H groups in total. The van der Waals surface area contributed by atoms with Gasteiger partial charge in [-0.3, -0.25) is 9.69 Å². The summed E-state index contributed by atoms with van der Waals surface area (Å²) >= 11 is 0. The van der Waals surface area contributed by atoms with E-state index in [1.165, 1.54) is 6.42 Å². The fourth-order valence-corrected chi connectivity index (χ4v) is 3.29. The molecule has 2 atom stereocenters. The molecule has 1 amide bonds. The SMILES string of the molecule is CC1CCN(C(=O)CN2CCCCC2C(C)O)CC1. The number of likely N-dealkylation sites (tertiary alicyclic amines) is 2. The number of piperidine rings is 2. The molecule has 4 nitrogen and oxygen atoms in total. The van der Waals surface area contributed by atoms with Crippen molar-refractivity contribution in [3.63, 3.8) is 0 Å². The lowest BCUT2D eigenvalue weighted by Crippen LogP contribution is -2.51. The second kappa shape index (κ2) is 6.71. The largest absolute Gasteiger partial charge is 0.392 e. The standard InChI is InChI=1S/C15H28N2O2/c1-12-6-9-16(10-7-12)15(19)11-17-8-4-3-5-14(17)13(2)18/h12-14,18H,3-11H2,1-2H3. The molecule has 2 rings (SSSR count). The molecule has 0 aromatic rings. The van der Waals surface area contributed by atoms with E-state index in [1.54, 1.807) is 0 Å². The maximum Gasteiger partial charge on any atom is 0.236 e. The molecule has 2 heterocycles. The van der Waals surface area contributed by atoms with Crippen LogP contribution < -0.4 is 0 Å². The Bertz CT molecular complexity index is 299. The van der Waals surface area contributed by atoms with Gasteiger partial charge in [-0.2, -0.15) is 0 Å². The summed E-state index contributed by atoms with van der Waals surface area (Å²) in [5.41, 5.74) is 0. The quantitative estimate of drug-likeness (QED) is 0.843. The lowest BCUT2D eigenvalue weighted by molar-refractivity contribution is -0.135. The van der Waals surface area contributed by atoms with Crippen molar-refractivity contribution in [2.24, 2.45) is 5.92 Å². The lowest BCUT2D eigenvalue weighted by Gasteiger charge is -2.39. The molecule has 19 heavy (non-hydrogen) atoms. The van der Waals surface area contributed by atoms with Crippen molar-refractivity contribution in [1.82, 2.24) is 9.80 Å². The molecule has 0 aromatic carbocycles. The van der Waals surface area contributed by atoms with Gasteiger partial charge in [-0.1, -0.05) is 13.3 Å². The zero-order chi connectivity index (χ0) is 13.8. The molecule has 0 aliphatic carbocycles. The van der Waals surface area contributed by atoms with Gasteiger partial charge in [0.05, 0.1) is 12.6 Å². The van der Waals surface area contributed by atoms with E-state index < -0.39 is 0 Å². The topological polar surface area (TPSA) is 43.8 Å². The van der Waals surface area contributed by atoms with Crippen LogP contribution in [-0.4, -0.2) is 59.1 Å². The monoisotopic (exact) mass is 268 g/mol. The van der Waals surface area contributed by atoms with Crippen LogP contribution in [0.4, 0.5) is 0 Å². The van der Waals surface area contributed by atoms with Crippen molar-refractivity contribution >= 4 is 5.91 Å². The van der Waals surface area contributed by atoms with Gasteiger partial charge in [-0.05, 0) is 45.1 Å².